The molecule has 0 aromatic rings. The zero-order chi connectivity index (χ0) is 11.2. The van der Waals surface area contributed by atoms with Crippen LogP contribution in [0.4, 0.5) is 0 Å². The predicted octanol–water partition coefficient (Wildman–Crippen LogP) is 2.40. The van der Waals surface area contributed by atoms with Crippen LogP contribution in [0.25, 0.3) is 0 Å². The zero-order valence-corrected chi connectivity index (χ0v) is 10.8. The second-order valence-corrected chi connectivity index (χ2v) is 5.44. The van der Waals surface area contributed by atoms with Gasteiger partial charge >= 0.3 is 0 Å². The second kappa shape index (κ2) is 6.41. The third-order valence-corrected chi connectivity index (χ3v) is 2.31. The molecule has 0 aliphatic heterocycles. The fourth-order valence-corrected chi connectivity index (χ4v) is 1.29. The molecule has 2 heteroatoms. The van der Waals surface area contributed by atoms with E-state index in [9.17, 15) is 0 Å². The summed E-state index contributed by atoms with van der Waals surface area (Å²) in [5, 5.41) is 7.13. The molecule has 0 bridgehead atoms. The second-order valence-electron chi connectivity index (χ2n) is 5.44. The van der Waals surface area contributed by atoms with E-state index in [0.717, 1.165) is 13.1 Å². The number of nitrogens with one attached hydrogen (secondary N) is 2. The fourth-order valence-electron chi connectivity index (χ4n) is 1.29. The Hall–Kier alpha value is -0.0800. The van der Waals surface area contributed by atoms with Crippen molar-refractivity contribution in [3.8, 4) is 0 Å². The van der Waals surface area contributed by atoms with Crippen molar-refractivity contribution in [1.29, 1.82) is 0 Å². The molecule has 0 aromatic carbocycles. The van der Waals surface area contributed by atoms with Gasteiger partial charge in [0, 0.05) is 18.1 Å². The van der Waals surface area contributed by atoms with Crippen LogP contribution in [0.2, 0.25) is 0 Å². The normalized spacial score (nSPS) is 14.8. The molecule has 0 amide bonds. The highest BCUT2D eigenvalue weighted by molar-refractivity contribution is 4.78. The molecular formula is C12H28N2. The van der Waals surface area contributed by atoms with Crippen LogP contribution in [-0.2, 0) is 0 Å². The highest BCUT2D eigenvalue weighted by atomic mass is 15.0. The summed E-state index contributed by atoms with van der Waals surface area (Å²) in [7, 11) is 0. The smallest absolute Gasteiger partial charge is 0.0215 e. The molecule has 0 saturated heterocycles. The van der Waals surface area contributed by atoms with E-state index >= 15 is 0 Å². The molecule has 86 valence electrons. The Balaban J connectivity index is 3.85. The van der Waals surface area contributed by atoms with Gasteiger partial charge in [-0.3, -0.25) is 0 Å². The third kappa shape index (κ3) is 7.34. The van der Waals surface area contributed by atoms with E-state index in [4.69, 9.17) is 0 Å². The zero-order valence-electron chi connectivity index (χ0n) is 10.8. The average molecular weight is 200 g/mol. The maximum atomic E-state index is 3.58. The van der Waals surface area contributed by atoms with Crippen LogP contribution in [-0.4, -0.2) is 24.7 Å². The van der Waals surface area contributed by atoms with E-state index in [2.05, 4.69) is 52.2 Å². The number of hydrogen-bond acceptors (Lipinski definition) is 2. The predicted molar refractivity (Wildman–Crippen MR) is 64.7 cm³/mol. The lowest BCUT2D eigenvalue weighted by molar-refractivity contribution is 0.330. The SMILES string of the molecule is CCCNC(CNC(C)(C)C)C(C)C. The van der Waals surface area contributed by atoms with Gasteiger partial charge < -0.3 is 10.6 Å². The lowest BCUT2D eigenvalue weighted by atomic mass is 10.0. The van der Waals surface area contributed by atoms with Crippen LogP contribution in [0.1, 0.15) is 48.0 Å². The molecule has 0 fully saturated rings. The summed E-state index contributed by atoms with van der Waals surface area (Å²) in [6, 6.07) is 0.592. The first-order valence-electron chi connectivity index (χ1n) is 5.85. The third-order valence-electron chi connectivity index (χ3n) is 2.31. The van der Waals surface area contributed by atoms with Gasteiger partial charge in [0.1, 0.15) is 0 Å². The van der Waals surface area contributed by atoms with E-state index in [1.165, 1.54) is 6.42 Å². The Morgan fingerprint density at radius 3 is 2.07 bits per heavy atom. The van der Waals surface area contributed by atoms with Gasteiger partial charge in [0.25, 0.3) is 0 Å². The van der Waals surface area contributed by atoms with Crippen molar-refractivity contribution >= 4 is 0 Å². The van der Waals surface area contributed by atoms with Gasteiger partial charge in [-0.05, 0) is 39.7 Å². The van der Waals surface area contributed by atoms with Crippen molar-refractivity contribution in [2.75, 3.05) is 13.1 Å². The van der Waals surface area contributed by atoms with Gasteiger partial charge in [-0.1, -0.05) is 20.8 Å². The minimum atomic E-state index is 0.223. The summed E-state index contributed by atoms with van der Waals surface area (Å²) in [5.74, 6) is 0.691. The van der Waals surface area contributed by atoms with Crippen molar-refractivity contribution in [1.82, 2.24) is 10.6 Å². The van der Waals surface area contributed by atoms with Crippen LogP contribution >= 0.6 is 0 Å². The molecule has 0 aromatic heterocycles. The Morgan fingerprint density at radius 2 is 1.71 bits per heavy atom. The monoisotopic (exact) mass is 200 g/mol. The first kappa shape index (κ1) is 13.9. The van der Waals surface area contributed by atoms with Crippen molar-refractivity contribution in [3.63, 3.8) is 0 Å². The van der Waals surface area contributed by atoms with Gasteiger partial charge in [0.15, 0.2) is 0 Å². The Bertz CT molecular complexity index is 136. The lowest BCUT2D eigenvalue weighted by Crippen LogP contribution is -2.48. The Morgan fingerprint density at radius 1 is 1.14 bits per heavy atom. The summed E-state index contributed by atoms with van der Waals surface area (Å²) in [6.45, 7) is 15.6. The van der Waals surface area contributed by atoms with Gasteiger partial charge in [-0.15, -0.1) is 0 Å². The van der Waals surface area contributed by atoms with Gasteiger partial charge in [-0.25, -0.2) is 0 Å². The highest BCUT2D eigenvalue weighted by Gasteiger charge is 2.15. The minimum absolute atomic E-state index is 0.223. The highest BCUT2D eigenvalue weighted by Crippen LogP contribution is 2.04. The first-order chi connectivity index (χ1) is 6.37. The van der Waals surface area contributed by atoms with Crippen molar-refractivity contribution in [2.24, 2.45) is 5.92 Å². The average Bonchev–Trinajstić information content (AvgIpc) is 2.01. The molecule has 0 spiro atoms. The topological polar surface area (TPSA) is 24.1 Å². The van der Waals surface area contributed by atoms with Crippen molar-refractivity contribution in [3.05, 3.63) is 0 Å². The summed E-state index contributed by atoms with van der Waals surface area (Å²) >= 11 is 0. The van der Waals surface area contributed by atoms with E-state index in [1.54, 1.807) is 0 Å². The molecule has 2 nitrogen and oxygen atoms in total. The van der Waals surface area contributed by atoms with Crippen molar-refractivity contribution < 1.29 is 0 Å². The van der Waals surface area contributed by atoms with Crippen LogP contribution in [0.5, 0.6) is 0 Å². The number of rotatable bonds is 6. The van der Waals surface area contributed by atoms with Crippen molar-refractivity contribution in [2.45, 2.75) is 59.5 Å². The molecule has 1 atom stereocenters. The molecular weight excluding hydrogens is 172 g/mol. The summed E-state index contributed by atoms with van der Waals surface area (Å²) in [5.41, 5.74) is 0.223. The molecule has 0 rings (SSSR count). The van der Waals surface area contributed by atoms with E-state index in [1.807, 2.05) is 0 Å². The lowest BCUT2D eigenvalue weighted by Gasteiger charge is -2.28. The first-order valence-corrected chi connectivity index (χ1v) is 5.85. The molecule has 14 heavy (non-hydrogen) atoms. The van der Waals surface area contributed by atoms with Gasteiger partial charge in [0.05, 0.1) is 0 Å². The molecule has 0 heterocycles. The van der Waals surface area contributed by atoms with E-state index < -0.39 is 0 Å². The van der Waals surface area contributed by atoms with Crippen LogP contribution in [0.3, 0.4) is 0 Å². The summed E-state index contributed by atoms with van der Waals surface area (Å²) in [4.78, 5) is 0. The number of hydrogen-bond donors (Lipinski definition) is 2. The van der Waals surface area contributed by atoms with Crippen LogP contribution in [0, 0.1) is 5.92 Å². The molecule has 1 unspecified atom stereocenters. The fraction of sp³-hybridized carbons (Fsp3) is 1.00. The van der Waals surface area contributed by atoms with E-state index in [-0.39, 0.29) is 5.54 Å². The van der Waals surface area contributed by atoms with E-state index in [0.29, 0.717) is 12.0 Å². The Labute approximate surface area is 89.9 Å². The minimum Gasteiger partial charge on any atom is -0.312 e. The summed E-state index contributed by atoms with van der Waals surface area (Å²) < 4.78 is 0. The maximum absolute atomic E-state index is 3.58. The molecule has 0 aliphatic rings. The standard InChI is InChI=1S/C12H28N2/c1-7-8-13-11(10(2)3)9-14-12(4,5)6/h10-11,13-14H,7-9H2,1-6H3. The Kier molecular flexibility index (Phi) is 6.38. The largest absolute Gasteiger partial charge is 0.312 e. The molecule has 2 N–H and O–H groups in total. The molecule has 0 radical (unpaired) electrons. The maximum Gasteiger partial charge on any atom is 0.0215 e. The molecule has 0 aliphatic carbocycles. The van der Waals surface area contributed by atoms with Crippen LogP contribution < -0.4 is 10.6 Å². The quantitative estimate of drug-likeness (QED) is 0.688. The van der Waals surface area contributed by atoms with Crippen LogP contribution in [0.15, 0.2) is 0 Å². The molecule has 0 saturated carbocycles. The van der Waals surface area contributed by atoms with Gasteiger partial charge in [0.2, 0.25) is 0 Å². The van der Waals surface area contributed by atoms with Gasteiger partial charge in [-0.2, -0.15) is 0 Å². The summed E-state index contributed by atoms with van der Waals surface area (Å²) in [6.07, 6.45) is 1.21.